The Morgan fingerprint density at radius 2 is 1.87 bits per heavy atom. The first kappa shape index (κ1) is 22.9. The van der Waals surface area contributed by atoms with Gasteiger partial charge in [0.25, 0.3) is 0 Å². The van der Waals surface area contributed by atoms with Crippen molar-refractivity contribution in [1.82, 2.24) is 5.53 Å². The molecule has 2 aromatic rings. The number of nitrogens with one attached hydrogen (secondary N) is 2. The Labute approximate surface area is 183 Å². The van der Waals surface area contributed by atoms with Crippen molar-refractivity contribution < 1.29 is 17.9 Å². The molecule has 1 heterocycles. The second kappa shape index (κ2) is 10.0. The number of methoxy groups -OCH3 is 1. The van der Waals surface area contributed by atoms with Crippen LogP contribution in [0.2, 0.25) is 0 Å². The lowest BCUT2D eigenvalue weighted by atomic mass is 10.1. The predicted molar refractivity (Wildman–Crippen MR) is 118 cm³/mol. The van der Waals surface area contributed by atoms with Gasteiger partial charge < -0.3 is 20.1 Å². The molecule has 0 amide bonds. The van der Waals surface area contributed by atoms with Gasteiger partial charge in [-0.2, -0.15) is 13.2 Å². The van der Waals surface area contributed by atoms with Gasteiger partial charge in [-0.05, 0) is 67.6 Å². The average molecular weight is 455 g/mol. The van der Waals surface area contributed by atoms with Crippen LogP contribution in [0.4, 0.5) is 24.5 Å². The number of nitrogens with zero attached hydrogens (tertiary/aromatic N) is 2. The molecule has 11 heteroatoms. The SMILES string of the molecule is COc1ccc(/C(N)=N/NN)cc1SNc1cc(C(F)(F)F)ccc1N1CCCCC1. The summed E-state index contributed by atoms with van der Waals surface area (Å²) >= 11 is 1.14. The molecule has 7 nitrogen and oxygen atoms in total. The second-order valence-electron chi connectivity index (χ2n) is 6.97. The molecule has 31 heavy (non-hydrogen) atoms. The largest absolute Gasteiger partial charge is 0.496 e. The van der Waals surface area contributed by atoms with E-state index < -0.39 is 11.7 Å². The number of amidine groups is 1. The Bertz CT molecular complexity index is 932. The number of alkyl halides is 3. The van der Waals surface area contributed by atoms with Gasteiger partial charge in [0.2, 0.25) is 0 Å². The van der Waals surface area contributed by atoms with Crippen LogP contribution in [-0.4, -0.2) is 26.0 Å². The number of halogens is 3. The summed E-state index contributed by atoms with van der Waals surface area (Å²) in [5, 5.41) is 3.74. The van der Waals surface area contributed by atoms with Crippen LogP contribution in [0.3, 0.4) is 0 Å². The van der Waals surface area contributed by atoms with Crippen LogP contribution in [0.15, 0.2) is 46.4 Å². The molecule has 3 rings (SSSR count). The summed E-state index contributed by atoms with van der Waals surface area (Å²) in [5.74, 6) is 5.89. The van der Waals surface area contributed by atoms with E-state index in [1.54, 1.807) is 18.2 Å². The Morgan fingerprint density at radius 1 is 1.13 bits per heavy atom. The third-order valence-electron chi connectivity index (χ3n) is 4.94. The monoisotopic (exact) mass is 454 g/mol. The number of piperidine rings is 1. The molecule has 1 aliphatic heterocycles. The lowest BCUT2D eigenvalue weighted by Gasteiger charge is -2.31. The minimum Gasteiger partial charge on any atom is -0.496 e. The van der Waals surface area contributed by atoms with E-state index in [9.17, 15) is 13.2 Å². The fraction of sp³-hybridized carbons (Fsp3) is 0.350. The van der Waals surface area contributed by atoms with Gasteiger partial charge in [-0.25, -0.2) is 11.4 Å². The average Bonchev–Trinajstić information content (AvgIpc) is 2.77. The summed E-state index contributed by atoms with van der Waals surface area (Å²) in [6.45, 7) is 1.62. The number of hydrogen-bond donors (Lipinski definition) is 4. The zero-order chi connectivity index (χ0) is 22.4. The summed E-state index contributed by atoms with van der Waals surface area (Å²) in [4.78, 5) is 2.75. The molecule has 0 radical (unpaired) electrons. The first-order valence-corrected chi connectivity index (χ1v) is 10.5. The van der Waals surface area contributed by atoms with Gasteiger partial charge >= 0.3 is 6.18 Å². The van der Waals surface area contributed by atoms with E-state index in [4.69, 9.17) is 16.3 Å². The summed E-state index contributed by atoms with van der Waals surface area (Å²) in [6.07, 6.45) is -1.28. The highest BCUT2D eigenvalue weighted by molar-refractivity contribution is 8.00. The van der Waals surface area contributed by atoms with E-state index in [1.165, 1.54) is 13.2 Å². The fourth-order valence-corrected chi connectivity index (χ4v) is 4.19. The van der Waals surface area contributed by atoms with E-state index in [0.29, 0.717) is 21.9 Å². The number of rotatable bonds is 7. The molecule has 0 spiro atoms. The minimum atomic E-state index is -4.43. The van der Waals surface area contributed by atoms with Gasteiger partial charge in [-0.1, -0.05) is 0 Å². The summed E-state index contributed by atoms with van der Waals surface area (Å²) in [7, 11) is 1.52. The first-order chi connectivity index (χ1) is 14.8. The second-order valence-corrected chi connectivity index (χ2v) is 7.82. The number of ether oxygens (including phenoxy) is 1. The van der Waals surface area contributed by atoms with Crippen LogP contribution in [0.1, 0.15) is 30.4 Å². The molecule has 168 valence electrons. The van der Waals surface area contributed by atoms with Crippen molar-refractivity contribution in [2.75, 3.05) is 29.8 Å². The highest BCUT2D eigenvalue weighted by Gasteiger charge is 2.31. The van der Waals surface area contributed by atoms with Crippen molar-refractivity contribution in [3.05, 3.63) is 47.5 Å². The molecule has 0 saturated carbocycles. The topological polar surface area (TPSA) is 101 Å². The molecule has 0 bridgehead atoms. The molecule has 6 N–H and O–H groups in total. The molecule has 1 fully saturated rings. The maximum absolute atomic E-state index is 13.3. The highest BCUT2D eigenvalue weighted by atomic mass is 32.2. The molecular formula is C20H25F3N6OS. The van der Waals surface area contributed by atoms with Crippen molar-refractivity contribution in [2.45, 2.75) is 30.3 Å². The number of anilines is 2. The molecule has 1 aliphatic rings. The Balaban J connectivity index is 1.92. The van der Waals surface area contributed by atoms with Crippen LogP contribution >= 0.6 is 11.9 Å². The zero-order valence-corrected chi connectivity index (χ0v) is 17.8. The summed E-state index contributed by atoms with van der Waals surface area (Å²) in [5.41, 5.74) is 9.01. The van der Waals surface area contributed by atoms with Crippen LogP contribution in [0.5, 0.6) is 5.75 Å². The van der Waals surface area contributed by atoms with Gasteiger partial charge in [0.05, 0.1) is 28.9 Å². The van der Waals surface area contributed by atoms with Gasteiger partial charge in [0.1, 0.15) is 5.75 Å². The van der Waals surface area contributed by atoms with E-state index in [1.807, 2.05) is 0 Å². The number of hydrogen-bond acceptors (Lipinski definition) is 7. The molecule has 1 saturated heterocycles. The van der Waals surface area contributed by atoms with Crippen molar-refractivity contribution in [3.63, 3.8) is 0 Å². The van der Waals surface area contributed by atoms with Crippen LogP contribution in [0.25, 0.3) is 0 Å². The molecule has 0 aromatic heterocycles. The number of hydrazine groups is 1. The van der Waals surface area contributed by atoms with E-state index in [-0.39, 0.29) is 5.84 Å². The standard InChI is InChI=1S/C20H25F3N6OS/c1-30-17-8-5-13(19(24)26-28-25)11-18(17)31-27-15-12-14(20(21,22)23)6-7-16(15)29-9-3-2-4-10-29/h5-8,11-12,27-28H,2-4,9-10,25H2,1H3,(H2,24,26). The van der Waals surface area contributed by atoms with Gasteiger partial charge in [0.15, 0.2) is 5.84 Å². The third-order valence-corrected chi connectivity index (χ3v) is 5.80. The van der Waals surface area contributed by atoms with E-state index >= 15 is 0 Å². The molecule has 0 atom stereocenters. The maximum Gasteiger partial charge on any atom is 0.416 e. The fourth-order valence-electron chi connectivity index (χ4n) is 3.36. The van der Waals surface area contributed by atoms with Crippen LogP contribution in [0, 0.1) is 0 Å². The molecular weight excluding hydrogens is 429 g/mol. The summed E-state index contributed by atoms with van der Waals surface area (Å²) < 4.78 is 48.4. The minimum absolute atomic E-state index is 0.167. The first-order valence-electron chi connectivity index (χ1n) is 9.69. The molecule has 0 aliphatic carbocycles. The molecule has 0 unspecified atom stereocenters. The smallest absolute Gasteiger partial charge is 0.416 e. The van der Waals surface area contributed by atoms with Crippen molar-refractivity contribution in [1.29, 1.82) is 0 Å². The Kier molecular flexibility index (Phi) is 7.39. The van der Waals surface area contributed by atoms with Crippen LogP contribution in [-0.2, 0) is 6.18 Å². The van der Waals surface area contributed by atoms with Gasteiger partial charge in [-0.3, -0.25) is 0 Å². The Hall–Kier alpha value is -2.79. The summed E-state index contributed by atoms with van der Waals surface area (Å²) in [6, 6.07) is 8.93. The Morgan fingerprint density at radius 3 is 2.52 bits per heavy atom. The lowest BCUT2D eigenvalue weighted by Crippen LogP contribution is -2.30. The van der Waals surface area contributed by atoms with Gasteiger partial charge in [0, 0.05) is 18.7 Å². The number of benzene rings is 2. The molecule has 2 aromatic carbocycles. The quantitative estimate of drug-likeness (QED) is 0.165. The zero-order valence-electron chi connectivity index (χ0n) is 17.0. The van der Waals surface area contributed by atoms with E-state index in [2.05, 4.69) is 20.3 Å². The van der Waals surface area contributed by atoms with Crippen molar-refractivity contribution in [2.24, 2.45) is 16.7 Å². The third kappa shape index (κ3) is 5.67. The number of hydrazone groups is 1. The predicted octanol–water partition coefficient (Wildman–Crippen LogP) is 3.91. The normalized spacial score (nSPS) is 15.0. The van der Waals surface area contributed by atoms with E-state index in [0.717, 1.165) is 62.1 Å². The van der Waals surface area contributed by atoms with Crippen LogP contribution < -0.4 is 31.5 Å². The van der Waals surface area contributed by atoms with Crippen molar-refractivity contribution >= 4 is 29.2 Å². The van der Waals surface area contributed by atoms with Gasteiger partial charge in [-0.15, -0.1) is 5.10 Å². The highest BCUT2D eigenvalue weighted by Crippen LogP contribution is 2.39. The maximum atomic E-state index is 13.3. The number of nitrogens with two attached hydrogens (primary N) is 2. The van der Waals surface area contributed by atoms with Crippen molar-refractivity contribution in [3.8, 4) is 5.75 Å². The lowest BCUT2D eigenvalue weighted by molar-refractivity contribution is -0.137.